The van der Waals surface area contributed by atoms with Gasteiger partial charge in [0.2, 0.25) is 0 Å². The molecule has 2 heterocycles. The van der Waals surface area contributed by atoms with Gasteiger partial charge in [-0.25, -0.2) is 4.98 Å². The first-order valence-corrected chi connectivity index (χ1v) is 14.4. The summed E-state index contributed by atoms with van der Waals surface area (Å²) in [7, 11) is 3.86. The van der Waals surface area contributed by atoms with E-state index in [4.69, 9.17) is 24.3 Å². The highest BCUT2D eigenvalue weighted by molar-refractivity contribution is 7.85. The molecule has 5 rings (SSSR count). The zero-order valence-electron chi connectivity index (χ0n) is 23.0. The van der Waals surface area contributed by atoms with Gasteiger partial charge >= 0.3 is 0 Å². The second-order valence-electron chi connectivity index (χ2n) is 10.0. The van der Waals surface area contributed by atoms with Gasteiger partial charge in [-0.1, -0.05) is 32.0 Å². The molecule has 0 N–H and O–H groups in total. The average Bonchev–Trinajstić information content (AvgIpc) is 3.29. The molecule has 1 aliphatic heterocycles. The van der Waals surface area contributed by atoms with Crippen LogP contribution in [0.4, 0.5) is 0 Å². The SMILES string of the molecule is COc1cc(CN2CS(=O)CC(c3ccc4c(c3)nc(-c3cccc(OC)c3)n4CC(C)C)=N2)cc(OC)c1. The van der Waals surface area contributed by atoms with Gasteiger partial charge in [-0.2, -0.15) is 5.10 Å². The van der Waals surface area contributed by atoms with Crippen LogP contribution in [0.2, 0.25) is 0 Å². The number of rotatable bonds is 9. The molecular formula is C30H34N4O4S. The smallest absolute Gasteiger partial charge is 0.141 e. The predicted octanol–water partition coefficient (Wildman–Crippen LogP) is 5.31. The molecule has 1 unspecified atom stereocenters. The highest BCUT2D eigenvalue weighted by Gasteiger charge is 2.22. The van der Waals surface area contributed by atoms with E-state index in [-0.39, 0.29) is 0 Å². The second kappa shape index (κ2) is 11.5. The molecule has 0 radical (unpaired) electrons. The molecule has 0 amide bonds. The number of hydrogen-bond donors (Lipinski definition) is 0. The topological polar surface area (TPSA) is 78.2 Å². The highest BCUT2D eigenvalue weighted by Crippen LogP contribution is 2.30. The molecule has 0 saturated heterocycles. The van der Waals surface area contributed by atoms with Crippen LogP contribution >= 0.6 is 0 Å². The highest BCUT2D eigenvalue weighted by atomic mass is 32.2. The summed E-state index contributed by atoms with van der Waals surface area (Å²) in [6, 6.07) is 19.9. The minimum absolute atomic E-state index is 0.369. The molecule has 3 aromatic carbocycles. The van der Waals surface area contributed by atoms with Crippen molar-refractivity contribution in [1.29, 1.82) is 0 Å². The van der Waals surface area contributed by atoms with Crippen LogP contribution in [0.25, 0.3) is 22.4 Å². The normalized spacial score (nSPS) is 15.5. The van der Waals surface area contributed by atoms with Crippen molar-refractivity contribution in [1.82, 2.24) is 14.6 Å². The van der Waals surface area contributed by atoms with Crippen molar-refractivity contribution in [3.8, 4) is 28.6 Å². The fraction of sp³-hybridized carbons (Fsp3) is 0.333. The van der Waals surface area contributed by atoms with E-state index in [0.717, 1.165) is 51.6 Å². The minimum atomic E-state index is -1.07. The quantitative estimate of drug-likeness (QED) is 0.283. The first-order valence-electron chi connectivity index (χ1n) is 12.9. The number of fused-ring (bicyclic) bond motifs is 1. The van der Waals surface area contributed by atoms with Crippen molar-refractivity contribution in [2.75, 3.05) is 33.0 Å². The summed E-state index contributed by atoms with van der Waals surface area (Å²) in [5, 5.41) is 6.75. The summed E-state index contributed by atoms with van der Waals surface area (Å²) in [4.78, 5) is 5.05. The van der Waals surface area contributed by atoms with Crippen LogP contribution in [0, 0.1) is 5.92 Å². The lowest BCUT2D eigenvalue weighted by molar-refractivity contribution is 0.322. The predicted molar refractivity (Wildman–Crippen MR) is 156 cm³/mol. The molecular weight excluding hydrogens is 512 g/mol. The molecule has 1 aliphatic rings. The zero-order valence-corrected chi connectivity index (χ0v) is 23.8. The van der Waals surface area contributed by atoms with Gasteiger partial charge in [0, 0.05) is 34.5 Å². The van der Waals surface area contributed by atoms with E-state index in [9.17, 15) is 4.21 Å². The summed E-state index contributed by atoms with van der Waals surface area (Å²) >= 11 is 0. The number of hydrogen-bond acceptors (Lipinski definition) is 7. The van der Waals surface area contributed by atoms with E-state index in [2.05, 4.69) is 42.7 Å². The third-order valence-corrected chi connectivity index (χ3v) is 7.77. The molecule has 0 saturated carbocycles. The van der Waals surface area contributed by atoms with Gasteiger partial charge < -0.3 is 18.8 Å². The molecule has 204 valence electrons. The Morgan fingerprint density at radius 2 is 1.64 bits per heavy atom. The van der Waals surface area contributed by atoms with Gasteiger partial charge in [-0.3, -0.25) is 9.22 Å². The Kier molecular flexibility index (Phi) is 7.88. The van der Waals surface area contributed by atoms with Crippen molar-refractivity contribution in [2.24, 2.45) is 11.0 Å². The maximum atomic E-state index is 12.9. The number of ether oxygens (including phenoxy) is 3. The van der Waals surface area contributed by atoms with Crippen LogP contribution < -0.4 is 14.2 Å². The van der Waals surface area contributed by atoms with Crippen molar-refractivity contribution in [2.45, 2.75) is 26.9 Å². The zero-order chi connectivity index (χ0) is 27.5. The monoisotopic (exact) mass is 546 g/mol. The molecule has 0 bridgehead atoms. The Labute approximate surface area is 231 Å². The van der Waals surface area contributed by atoms with Crippen LogP contribution in [-0.2, 0) is 23.9 Å². The second-order valence-corrected chi connectivity index (χ2v) is 11.4. The fourth-order valence-electron chi connectivity index (χ4n) is 4.83. The number of aromatic nitrogens is 2. The van der Waals surface area contributed by atoms with E-state index in [1.165, 1.54) is 0 Å². The summed E-state index contributed by atoms with van der Waals surface area (Å²) in [5.74, 6) is 4.33. The number of imidazole rings is 1. The summed E-state index contributed by atoms with van der Waals surface area (Å²) < 4.78 is 31.4. The molecule has 0 spiro atoms. The lowest BCUT2D eigenvalue weighted by Crippen LogP contribution is -2.32. The van der Waals surface area contributed by atoms with Gasteiger partial charge in [0.05, 0.1) is 50.4 Å². The molecule has 4 aromatic rings. The van der Waals surface area contributed by atoms with Gasteiger partial charge in [0.15, 0.2) is 0 Å². The number of benzene rings is 3. The standard InChI is InChI=1S/C30H34N4O4S/c1-20(2)16-34-29-10-9-22(14-27(29)31-30(34)23-7-6-8-24(13-23)36-3)28-18-39(35)19-33(32-28)17-21-11-25(37-4)15-26(12-21)38-5/h6-15,20H,16-19H2,1-5H3. The van der Waals surface area contributed by atoms with Crippen LogP contribution in [0.3, 0.4) is 0 Å². The maximum Gasteiger partial charge on any atom is 0.141 e. The summed E-state index contributed by atoms with van der Waals surface area (Å²) in [5.41, 5.74) is 5.63. The Bertz CT molecular complexity index is 1520. The fourth-order valence-corrected chi connectivity index (χ4v) is 5.93. The number of hydrazone groups is 1. The summed E-state index contributed by atoms with van der Waals surface area (Å²) in [6.45, 7) is 5.74. The Morgan fingerprint density at radius 3 is 2.33 bits per heavy atom. The Hall–Kier alpha value is -3.85. The Morgan fingerprint density at radius 1 is 0.897 bits per heavy atom. The van der Waals surface area contributed by atoms with Crippen LogP contribution in [-0.4, -0.2) is 57.4 Å². The molecule has 8 nitrogen and oxygen atoms in total. The molecule has 0 aliphatic carbocycles. The molecule has 39 heavy (non-hydrogen) atoms. The van der Waals surface area contributed by atoms with E-state index in [1.807, 2.05) is 41.4 Å². The maximum absolute atomic E-state index is 12.9. The van der Waals surface area contributed by atoms with Gasteiger partial charge in [0.25, 0.3) is 0 Å². The first kappa shape index (κ1) is 26.7. The molecule has 1 aromatic heterocycles. The first-order chi connectivity index (χ1) is 18.9. The van der Waals surface area contributed by atoms with E-state index < -0.39 is 10.8 Å². The third kappa shape index (κ3) is 5.93. The number of methoxy groups -OCH3 is 3. The van der Waals surface area contributed by atoms with Gasteiger partial charge in [0.1, 0.15) is 28.9 Å². The lowest BCUT2D eigenvalue weighted by atomic mass is 10.1. The molecule has 0 fully saturated rings. The van der Waals surface area contributed by atoms with Gasteiger partial charge in [-0.15, -0.1) is 0 Å². The van der Waals surface area contributed by atoms with Crippen LogP contribution in [0.5, 0.6) is 17.2 Å². The Balaban J connectivity index is 1.51. The lowest BCUT2D eigenvalue weighted by Gasteiger charge is -2.25. The largest absolute Gasteiger partial charge is 0.497 e. The third-order valence-electron chi connectivity index (χ3n) is 6.59. The van der Waals surface area contributed by atoms with Crippen LogP contribution in [0.15, 0.2) is 65.8 Å². The van der Waals surface area contributed by atoms with Crippen molar-refractivity contribution < 1.29 is 18.4 Å². The molecule has 1 atom stereocenters. The van der Waals surface area contributed by atoms with Crippen molar-refractivity contribution in [3.63, 3.8) is 0 Å². The minimum Gasteiger partial charge on any atom is -0.497 e. The van der Waals surface area contributed by atoms with Crippen LogP contribution in [0.1, 0.15) is 25.0 Å². The van der Waals surface area contributed by atoms with Gasteiger partial charge in [-0.05, 0) is 47.9 Å². The van der Waals surface area contributed by atoms with E-state index in [1.54, 1.807) is 21.3 Å². The molecule has 9 heteroatoms. The summed E-state index contributed by atoms with van der Waals surface area (Å²) in [6.07, 6.45) is 0. The number of nitrogens with zero attached hydrogens (tertiary/aromatic N) is 4. The van der Waals surface area contributed by atoms with Crippen molar-refractivity contribution >= 4 is 27.5 Å². The average molecular weight is 547 g/mol. The van der Waals surface area contributed by atoms with E-state index in [0.29, 0.717) is 35.6 Å². The van der Waals surface area contributed by atoms with Crippen molar-refractivity contribution in [3.05, 3.63) is 71.8 Å². The van der Waals surface area contributed by atoms with E-state index >= 15 is 0 Å².